The summed E-state index contributed by atoms with van der Waals surface area (Å²) in [4.78, 5) is 92.5. The van der Waals surface area contributed by atoms with Gasteiger partial charge in [-0.3, -0.25) is 29.4 Å². The van der Waals surface area contributed by atoms with Crippen LogP contribution in [-0.4, -0.2) is 149 Å². The highest BCUT2D eigenvalue weighted by Gasteiger charge is 2.44. The molecule has 78 heavy (non-hydrogen) atoms. The Balaban J connectivity index is 1.16. The Kier molecular flexibility index (Phi) is 25.1. The average molecular weight is 1120 g/mol. The lowest BCUT2D eigenvalue weighted by Crippen LogP contribution is -2.60. The fraction of sp³-hybridized carbons (Fsp3) is 0.603. The molecule has 3 aromatic rings. The molecule has 6 amide bonds. The number of ether oxygens (including phenoxy) is 4. The summed E-state index contributed by atoms with van der Waals surface area (Å²) < 4.78 is 23.5. The molecule has 2 heterocycles. The molecule has 2 aromatic carbocycles. The predicted octanol–water partition coefficient (Wildman–Crippen LogP) is 8.88. The Morgan fingerprint density at radius 3 is 2.12 bits per heavy atom. The monoisotopic (exact) mass is 1120 g/mol. The maximum atomic E-state index is 14.7. The van der Waals surface area contributed by atoms with E-state index in [1.165, 1.54) is 26.2 Å². The van der Waals surface area contributed by atoms with E-state index >= 15 is 0 Å². The lowest BCUT2D eigenvalue weighted by Gasteiger charge is -2.41. The molecule has 18 nitrogen and oxygen atoms in total. The smallest absolute Gasteiger partial charge is 0.411 e. The molecule has 5 rings (SSSR count). The van der Waals surface area contributed by atoms with Crippen LogP contribution in [0.2, 0.25) is 0 Å². The van der Waals surface area contributed by atoms with Gasteiger partial charge in [0, 0.05) is 46.7 Å². The number of nitrogens with zero attached hydrogens (tertiary/aromatic N) is 4. The van der Waals surface area contributed by atoms with Gasteiger partial charge >= 0.3 is 12.2 Å². The first kappa shape index (κ1) is 63.4. The SMILES string of the molecule is CC[C@H](C)[C@@H]([C@@H](CC(=O)N1CCC[C@H]1[C@H](OC)[C@@H](C)C(=O)N[C@H](C)[C@@H](O)c1ccccc1)OC)N(C)C(=O)[C@@H](NC(=O)[C@H](C(C)C)N(C)C(=O)OCc1ccc(NC(=O)O[C@H]2CCC[C@@H]2SSc2ccccn2)cc1)C(C)C. The molecule has 2 aliphatic rings. The number of methoxy groups -OCH3 is 2. The van der Waals surface area contributed by atoms with Crippen LogP contribution in [0.3, 0.4) is 0 Å². The van der Waals surface area contributed by atoms with Crippen molar-refractivity contribution in [3.05, 3.63) is 90.1 Å². The van der Waals surface area contributed by atoms with Crippen molar-refractivity contribution < 1.29 is 52.8 Å². The second-order valence-electron chi connectivity index (χ2n) is 21.4. The molecular weight excluding hydrogens is 1030 g/mol. The topological polar surface area (TPSA) is 218 Å². The number of hydrogen-bond donors (Lipinski definition) is 4. The molecule has 0 unspecified atom stereocenters. The van der Waals surface area contributed by atoms with Gasteiger partial charge in [-0.1, -0.05) is 114 Å². The van der Waals surface area contributed by atoms with E-state index in [4.69, 9.17) is 18.9 Å². The molecule has 0 spiro atoms. The molecule has 4 N–H and O–H groups in total. The minimum Gasteiger partial charge on any atom is -0.445 e. The van der Waals surface area contributed by atoms with Crippen LogP contribution in [0, 0.1) is 23.7 Å². The standard InChI is InChI=1S/C58H85N7O11S2/c1-13-37(6)51(45(73-11)33-48(66)65-32-20-23-43(65)53(74-12)38(7)54(68)60-39(8)52(67)41-21-15-14-16-22-41)63(9)56(70)49(35(2)3)62-55(69)50(36(4)5)64(10)58(72)75-34-40-27-29-42(30-28-40)61-57(71)76-44-24-19-25-46(44)77-78-47-26-17-18-31-59-47/h14-18,21-22,26-31,35-39,43-46,49-53,67H,13,19-20,23-25,32-34H2,1-12H3,(H,60,68)(H,61,71)(H,62,69)/t37-,38+,39+,43-,44-,45+,46-,49-,50-,51-,52+,53+/m0/s1. The van der Waals surface area contributed by atoms with E-state index in [1.807, 2.05) is 77.9 Å². The largest absolute Gasteiger partial charge is 0.445 e. The highest BCUT2D eigenvalue weighted by atomic mass is 33.1. The van der Waals surface area contributed by atoms with E-state index in [0.29, 0.717) is 42.6 Å². The van der Waals surface area contributed by atoms with E-state index in [2.05, 4.69) is 20.9 Å². The van der Waals surface area contributed by atoms with Crippen LogP contribution in [-0.2, 0) is 44.7 Å². The first-order valence-corrected chi connectivity index (χ1v) is 29.6. The third-order valence-corrected chi connectivity index (χ3v) is 18.0. The van der Waals surface area contributed by atoms with Gasteiger partial charge in [0.05, 0.1) is 54.0 Å². The summed E-state index contributed by atoms with van der Waals surface area (Å²) in [5.74, 6) is -2.93. The van der Waals surface area contributed by atoms with Crippen molar-refractivity contribution in [2.24, 2.45) is 23.7 Å². The van der Waals surface area contributed by atoms with Crippen LogP contribution in [0.1, 0.15) is 118 Å². The number of amides is 6. The molecule has 0 radical (unpaired) electrons. The van der Waals surface area contributed by atoms with Crippen LogP contribution < -0.4 is 16.0 Å². The Hall–Kier alpha value is -5.41. The summed E-state index contributed by atoms with van der Waals surface area (Å²) in [6.45, 7) is 15.2. The third-order valence-electron chi connectivity index (χ3n) is 15.2. The highest BCUT2D eigenvalue weighted by Crippen LogP contribution is 2.42. The Bertz CT molecular complexity index is 2390. The number of hydrogen-bond acceptors (Lipinski definition) is 14. The third kappa shape index (κ3) is 17.3. The number of likely N-dealkylation sites (N-methyl/N-ethyl adjacent to an activating group) is 2. The number of carbonyl (C=O) groups excluding carboxylic acids is 6. The predicted molar refractivity (Wildman–Crippen MR) is 304 cm³/mol. The van der Waals surface area contributed by atoms with Crippen LogP contribution in [0.15, 0.2) is 84.0 Å². The van der Waals surface area contributed by atoms with Gasteiger partial charge < -0.3 is 44.5 Å². The van der Waals surface area contributed by atoms with Gasteiger partial charge in [0.1, 0.15) is 29.8 Å². The van der Waals surface area contributed by atoms with Crippen LogP contribution in [0.5, 0.6) is 0 Å². The molecule has 0 bridgehead atoms. The van der Waals surface area contributed by atoms with Gasteiger partial charge in [0.15, 0.2) is 0 Å². The maximum Gasteiger partial charge on any atom is 0.411 e. The van der Waals surface area contributed by atoms with Crippen molar-refractivity contribution in [1.29, 1.82) is 0 Å². The number of pyridine rings is 1. The number of carbonyl (C=O) groups is 6. The van der Waals surface area contributed by atoms with Gasteiger partial charge in [-0.25, -0.2) is 14.6 Å². The van der Waals surface area contributed by atoms with E-state index in [9.17, 15) is 33.9 Å². The summed E-state index contributed by atoms with van der Waals surface area (Å²) in [5, 5.41) is 20.7. The van der Waals surface area contributed by atoms with Crippen LogP contribution in [0.4, 0.5) is 15.3 Å². The summed E-state index contributed by atoms with van der Waals surface area (Å²) in [7, 11) is 9.46. The molecule has 20 heteroatoms. The Labute approximate surface area is 470 Å². The van der Waals surface area contributed by atoms with Crippen molar-refractivity contribution in [1.82, 2.24) is 30.3 Å². The fourth-order valence-electron chi connectivity index (χ4n) is 10.6. The molecule has 2 fully saturated rings. The summed E-state index contributed by atoms with van der Waals surface area (Å²) >= 11 is 0. The number of rotatable bonds is 27. The van der Waals surface area contributed by atoms with Crippen molar-refractivity contribution in [3.8, 4) is 0 Å². The molecule has 1 aliphatic heterocycles. The van der Waals surface area contributed by atoms with Gasteiger partial charge in [-0.05, 0) is 103 Å². The second-order valence-corrected chi connectivity index (χ2v) is 23.9. The van der Waals surface area contributed by atoms with E-state index in [-0.39, 0.29) is 59.9 Å². The van der Waals surface area contributed by atoms with Gasteiger partial charge in [0.25, 0.3) is 0 Å². The zero-order valence-electron chi connectivity index (χ0n) is 47.6. The van der Waals surface area contributed by atoms with Gasteiger partial charge in [-0.2, -0.15) is 0 Å². The molecule has 1 saturated heterocycles. The Morgan fingerprint density at radius 2 is 1.50 bits per heavy atom. The summed E-state index contributed by atoms with van der Waals surface area (Å²) in [5.41, 5.74) is 1.86. The molecule has 1 saturated carbocycles. The highest BCUT2D eigenvalue weighted by molar-refractivity contribution is 8.76. The molecular formula is C58H85N7O11S2. The zero-order valence-corrected chi connectivity index (χ0v) is 49.2. The second kappa shape index (κ2) is 30.8. The fourth-order valence-corrected chi connectivity index (χ4v) is 13.2. The maximum absolute atomic E-state index is 14.7. The quantitative estimate of drug-likeness (QED) is 0.0525. The number of aliphatic hydroxyl groups excluding tert-OH is 1. The number of nitrogens with one attached hydrogen (secondary N) is 3. The van der Waals surface area contributed by atoms with Crippen molar-refractivity contribution in [2.75, 3.05) is 40.2 Å². The molecule has 1 aliphatic carbocycles. The normalized spacial score (nSPS) is 19.8. The van der Waals surface area contributed by atoms with Crippen LogP contribution in [0.25, 0.3) is 0 Å². The number of anilines is 1. The van der Waals surface area contributed by atoms with Crippen molar-refractivity contribution in [2.45, 2.75) is 172 Å². The van der Waals surface area contributed by atoms with Crippen molar-refractivity contribution >= 4 is 63.1 Å². The molecule has 1 aromatic heterocycles. The average Bonchev–Trinajstić information content (AvgIpc) is 4.11. The molecule has 12 atom stereocenters. The summed E-state index contributed by atoms with van der Waals surface area (Å²) in [6.07, 6.45) is 2.59. The van der Waals surface area contributed by atoms with Crippen LogP contribution >= 0.6 is 21.6 Å². The van der Waals surface area contributed by atoms with Crippen molar-refractivity contribution in [3.63, 3.8) is 0 Å². The van der Waals surface area contributed by atoms with E-state index in [1.54, 1.807) is 94.9 Å². The lowest BCUT2D eigenvalue weighted by atomic mass is 9.89. The molecule has 430 valence electrons. The summed E-state index contributed by atoms with van der Waals surface area (Å²) in [6, 6.07) is 18.2. The van der Waals surface area contributed by atoms with E-state index in [0.717, 1.165) is 24.3 Å². The number of aromatic nitrogens is 1. The lowest BCUT2D eigenvalue weighted by molar-refractivity contribution is -0.148. The van der Waals surface area contributed by atoms with Gasteiger partial charge in [0.2, 0.25) is 23.6 Å². The van der Waals surface area contributed by atoms with Gasteiger partial charge in [-0.15, -0.1) is 0 Å². The zero-order chi connectivity index (χ0) is 57.2. The number of benzene rings is 2. The minimum atomic E-state index is -1.00. The minimum absolute atomic E-state index is 0.0537. The Morgan fingerprint density at radius 1 is 0.808 bits per heavy atom. The number of aliphatic hydroxyl groups is 1. The first-order valence-electron chi connectivity index (χ1n) is 27.4. The van der Waals surface area contributed by atoms with E-state index < -0.39 is 72.5 Å². The number of likely N-dealkylation sites (tertiary alicyclic amines) is 1. The first-order chi connectivity index (χ1) is 37.2.